The lowest BCUT2D eigenvalue weighted by Gasteiger charge is -2.00. The first-order chi connectivity index (χ1) is 6.70. The number of aliphatic hydroxyl groups excluding tert-OH is 1. The lowest BCUT2D eigenvalue weighted by Crippen LogP contribution is -1.85. The van der Waals surface area contributed by atoms with Crippen LogP contribution in [0.5, 0.6) is 0 Å². The third-order valence-electron chi connectivity index (χ3n) is 1.88. The fourth-order valence-electron chi connectivity index (χ4n) is 0.945. The van der Waals surface area contributed by atoms with Crippen molar-refractivity contribution in [2.75, 3.05) is 13.2 Å². The highest BCUT2D eigenvalue weighted by Crippen LogP contribution is 2.20. The molecule has 14 heavy (non-hydrogen) atoms. The van der Waals surface area contributed by atoms with Gasteiger partial charge in [0.1, 0.15) is 0 Å². The molecule has 0 saturated heterocycles. The minimum Gasteiger partial charge on any atom is -0.392 e. The van der Waals surface area contributed by atoms with Gasteiger partial charge in [0.2, 0.25) is 0 Å². The van der Waals surface area contributed by atoms with Gasteiger partial charge in [-0.1, -0.05) is 32.2 Å². The van der Waals surface area contributed by atoms with Crippen molar-refractivity contribution in [1.29, 1.82) is 0 Å². The zero-order valence-corrected chi connectivity index (χ0v) is 11.1. The summed E-state index contributed by atoms with van der Waals surface area (Å²) in [6.45, 7) is 4.92. The van der Waals surface area contributed by atoms with Gasteiger partial charge >= 0.3 is 0 Å². The van der Waals surface area contributed by atoms with Gasteiger partial charge in [0, 0.05) is 8.50 Å². The Morgan fingerprint density at radius 1 is 1.36 bits per heavy atom. The maximum absolute atomic E-state index is 8.77. The molecule has 0 aromatic heterocycles. The van der Waals surface area contributed by atoms with E-state index < -0.39 is 0 Å². The first-order valence-electron chi connectivity index (χ1n) is 4.70. The van der Waals surface area contributed by atoms with Gasteiger partial charge in [-0.15, -0.1) is 0 Å². The van der Waals surface area contributed by atoms with Crippen LogP contribution in [0.3, 0.4) is 0 Å². The van der Waals surface area contributed by atoms with E-state index in [4.69, 9.17) is 9.63 Å². The molecule has 0 aliphatic heterocycles. The lowest BCUT2D eigenvalue weighted by atomic mass is 10.1. The largest absolute Gasteiger partial charge is 0.392 e. The molecule has 0 amide bonds. The summed E-state index contributed by atoms with van der Waals surface area (Å²) in [5.74, 6) is 0. The van der Waals surface area contributed by atoms with Gasteiger partial charge in [-0.25, -0.2) is 0 Å². The molecule has 0 aliphatic rings. The third-order valence-corrected chi connectivity index (χ3v) is 2.71. The molecule has 1 N–H and O–H groups in total. The fourth-order valence-corrected chi connectivity index (χ4v) is 1.41. The number of hydrogen-bond donors (Lipinski definition) is 1. The molecule has 0 aromatic rings. The van der Waals surface area contributed by atoms with E-state index in [0.717, 1.165) is 18.4 Å². The van der Waals surface area contributed by atoms with Gasteiger partial charge in [0.25, 0.3) is 0 Å². The monoisotopic (exact) mass is 234 g/mol. The second-order valence-corrected chi connectivity index (χ2v) is 4.46. The maximum Gasteiger partial charge on any atom is 0.0693 e. The van der Waals surface area contributed by atoms with Crippen molar-refractivity contribution >= 4 is 17.4 Å². The third kappa shape index (κ3) is 8.84. The molecule has 4 heteroatoms. The average Bonchev–Trinajstić information content (AvgIpc) is 2.18. The minimum atomic E-state index is 0.167. The Kier molecular flexibility index (Phi) is 9.98. The quantitative estimate of drug-likeness (QED) is 0.417. The standard InChI is InChI=1S/C10H20O2P2/c1-9(6-7-12-14-13)4-3-5-10(2)8-11/h5-6,11,14H,3-4,7-8,13H2,1-2H3. The zero-order chi connectivity index (χ0) is 10.8. The summed E-state index contributed by atoms with van der Waals surface area (Å²) in [6, 6.07) is 0. The van der Waals surface area contributed by atoms with E-state index in [1.54, 1.807) is 0 Å². The van der Waals surface area contributed by atoms with Crippen LogP contribution >= 0.6 is 17.4 Å². The molecular formula is C10H20O2P2. The van der Waals surface area contributed by atoms with E-state index >= 15 is 0 Å². The van der Waals surface area contributed by atoms with Crippen molar-refractivity contribution in [3.8, 4) is 0 Å². The van der Waals surface area contributed by atoms with Crippen LogP contribution in [0.4, 0.5) is 0 Å². The first-order valence-corrected chi connectivity index (χ1v) is 7.42. The van der Waals surface area contributed by atoms with E-state index in [0.29, 0.717) is 15.1 Å². The van der Waals surface area contributed by atoms with Gasteiger partial charge in [-0.2, -0.15) is 0 Å². The lowest BCUT2D eigenvalue weighted by molar-refractivity contribution is 0.331. The number of aliphatic hydroxyl groups is 1. The highest BCUT2D eigenvalue weighted by molar-refractivity contribution is 8.00. The van der Waals surface area contributed by atoms with Crippen LogP contribution < -0.4 is 0 Å². The molecule has 0 spiro atoms. The SMILES string of the molecule is CC(=CCCC(C)=CCOPP)CO. The molecule has 2 nitrogen and oxygen atoms in total. The highest BCUT2D eigenvalue weighted by atomic mass is 32.0. The Bertz CT molecular complexity index is 200. The van der Waals surface area contributed by atoms with Gasteiger partial charge in [0.15, 0.2) is 0 Å². The maximum atomic E-state index is 8.77. The smallest absolute Gasteiger partial charge is 0.0693 e. The zero-order valence-electron chi connectivity index (χ0n) is 8.92. The van der Waals surface area contributed by atoms with E-state index in [-0.39, 0.29) is 6.61 Å². The number of allylic oxidation sites excluding steroid dienone is 2. The number of hydrogen-bond acceptors (Lipinski definition) is 2. The van der Waals surface area contributed by atoms with Crippen LogP contribution in [0.25, 0.3) is 0 Å². The topological polar surface area (TPSA) is 29.5 Å². The predicted molar refractivity (Wildman–Crippen MR) is 67.8 cm³/mol. The van der Waals surface area contributed by atoms with Gasteiger partial charge in [-0.05, 0) is 26.7 Å². The van der Waals surface area contributed by atoms with Crippen LogP contribution in [0, 0.1) is 0 Å². The molecule has 0 heterocycles. The molecule has 0 fully saturated rings. The van der Waals surface area contributed by atoms with Crippen molar-refractivity contribution in [2.24, 2.45) is 0 Å². The van der Waals surface area contributed by atoms with Crippen LogP contribution in [0.1, 0.15) is 26.7 Å². The Morgan fingerprint density at radius 2 is 2.07 bits per heavy atom. The van der Waals surface area contributed by atoms with Crippen LogP contribution in [-0.2, 0) is 4.52 Å². The molecule has 0 bridgehead atoms. The average molecular weight is 234 g/mol. The second kappa shape index (κ2) is 9.80. The van der Waals surface area contributed by atoms with Crippen molar-refractivity contribution < 1.29 is 9.63 Å². The van der Waals surface area contributed by atoms with E-state index in [1.807, 2.05) is 6.92 Å². The van der Waals surface area contributed by atoms with Gasteiger partial charge in [0.05, 0.1) is 13.2 Å². The van der Waals surface area contributed by atoms with Crippen molar-refractivity contribution in [3.63, 3.8) is 0 Å². The summed E-state index contributed by atoms with van der Waals surface area (Å²) < 4.78 is 5.21. The van der Waals surface area contributed by atoms with Gasteiger partial charge in [-0.3, -0.25) is 0 Å². The Morgan fingerprint density at radius 3 is 2.64 bits per heavy atom. The van der Waals surface area contributed by atoms with Crippen LogP contribution in [0.15, 0.2) is 23.3 Å². The Balaban J connectivity index is 3.62. The van der Waals surface area contributed by atoms with Crippen molar-refractivity contribution in [3.05, 3.63) is 23.3 Å². The van der Waals surface area contributed by atoms with Crippen molar-refractivity contribution in [1.82, 2.24) is 0 Å². The Labute approximate surface area is 90.8 Å². The minimum absolute atomic E-state index is 0.167. The van der Waals surface area contributed by atoms with Crippen molar-refractivity contribution in [2.45, 2.75) is 26.7 Å². The second-order valence-electron chi connectivity index (χ2n) is 3.23. The molecule has 2 atom stereocenters. The molecule has 0 rings (SSSR count). The van der Waals surface area contributed by atoms with E-state index in [9.17, 15) is 0 Å². The number of rotatable bonds is 7. The summed E-state index contributed by atoms with van der Waals surface area (Å²) in [7, 11) is 3.04. The van der Waals surface area contributed by atoms with Crippen LogP contribution in [0.2, 0.25) is 0 Å². The van der Waals surface area contributed by atoms with Crippen LogP contribution in [-0.4, -0.2) is 18.3 Å². The normalized spacial score (nSPS) is 14.3. The Hall–Kier alpha value is 0.260. The molecule has 2 unspecified atom stereocenters. The summed E-state index contributed by atoms with van der Waals surface area (Å²) >= 11 is 0. The molecule has 0 aliphatic carbocycles. The fraction of sp³-hybridized carbons (Fsp3) is 0.600. The molecule has 82 valence electrons. The van der Waals surface area contributed by atoms with Gasteiger partial charge < -0.3 is 9.63 Å². The molecule has 0 saturated carbocycles. The van der Waals surface area contributed by atoms with E-state index in [1.165, 1.54) is 5.57 Å². The molecule has 0 radical (unpaired) electrons. The highest BCUT2D eigenvalue weighted by Gasteiger charge is 1.90. The summed E-state index contributed by atoms with van der Waals surface area (Å²) in [5.41, 5.74) is 2.38. The summed E-state index contributed by atoms with van der Waals surface area (Å²) in [6.07, 6.45) is 6.23. The molecule has 0 aromatic carbocycles. The molecular weight excluding hydrogens is 214 g/mol. The first kappa shape index (κ1) is 14.3. The summed E-state index contributed by atoms with van der Waals surface area (Å²) in [4.78, 5) is 0. The summed E-state index contributed by atoms with van der Waals surface area (Å²) in [5, 5.41) is 8.77. The predicted octanol–water partition coefficient (Wildman–Crippen LogP) is 3.05. The van der Waals surface area contributed by atoms with E-state index in [2.05, 4.69) is 28.0 Å².